The van der Waals surface area contributed by atoms with Crippen molar-refractivity contribution in [1.29, 1.82) is 0 Å². The van der Waals surface area contributed by atoms with E-state index in [9.17, 15) is 0 Å². The Bertz CT molecular complexity index is 353. The zero-order valence-electron chi connectivity index (χ0n) is 9.40. The molecule has 0 saturated heterocycles. The first-order valence-electron chi connectivity index (χ1n) is 5.02. The second-order valence-corrected chi connectivity index (χ2v) is 4.01. The maximum Gasteiger partial charge on any atom is 0.238 e. The quantitative estimate of drug-likeness (QED) is 0.667. The fraction of sp³-hybridized carbons (Fsp3) is 0.600. The lowest BCUT2D eigenvalue weighted by Crippen LogP contribution is -2.20. The van der Waals surface area contributed by atoms with Crippen LogP contribution in [0.3, 0.4) is 0 Å². The highest BCUT2D eigenvalue weighted by atomic mass is 16.5. The van der Waals surface area contributed by atoms with Crippen LogP contribution in [0, 0.1) is 0 Å². The molecular formula is C10H16N4O. The van der Waals surface area contributed by atoms with Crippen molar-refractivity contribution in [2.75, 3.05) is 39.2 Å². The van der Waals surface area contributed by atoms with Gasteiger partial charge in [0.15, 0.2) is 5.82 Å². The average molecular weight is 208 g/mol. The largest absolute Gasteiger partial charge is 0.475 e. The average Bonchev–Trinajstić information content (AvgIpc) is 2.37. The van der Waals surface area contributed by atoms with Gasteiger partial charge in [-0.15, -0.1) is 10.2 Å². The fourth-order valence-electron chi connectivity index (χ4n) is 1.53. The lowest BCUT2D eigenvalue weighted by molar-refractivity contribution is 0.253. The summed E-state index contributed by atoms with van der Waals surface area (Å²) in [5.41, 5.74) is 1.11. The Balaban J connectivity index is 2.33. The minimum atomic E-state index is 0.671. The summed E-state index contributed by atoms with van der Waals surface area (Å²) >= 11 is 0. The number of nitrogens with zero attached hydrogens (tertiary/aromatic N) is 4. The van der Waals surface area contributed by atoms with Crippen LogP contribution in [-0.4, -0.2) is 49.4 Å². The number of anilines is 1. The zero-order chi connectivity index (χ0) is 10.8. The molecule has 0 unspecified atom stereocenters. The first kappa shape index (κ1) is 10.2. The van der Waals surface area contributed by atoms with Gasteiger partial charge in [-0.25, -0.2) is 0 Å². The third kappa shape index (κ3) is 2.18. The number of ether oxygens (including phenoxy) is 1. The normalized spacial score (nSPS) is 16.5. The summed E-state index contributed by atoms with van der Waals surface area (Å²) in [6.45, 7) is 2.47. The van der Waals surface area contributed by atoms with E-state index in [0.717, 1.165) is 24.5 Å². The third-order valence-electron chi connectivity index (χ3n) is 2.43. The molecule has 1 aliphatic rings. The van der Waals surface area contributed by atoms with Crippen LogP contribution in [-0.2, 0) is 6.54 Å². The molecule has 0 aromatic carbocycles. The van der Waals surface area contributed by atoms with Gasteiger partial charge in [0.1, 0.15) is 6.61 Å². The molecule has 2 rings (SSSR count). The lowest BCUT2D eigenvalue weighted by Gasteiger charge is -2.14. The van der Waals surface area contributed by atoms with Gasteiger partial charge in [-0.3, -0.25) is 4.90 Å². The van der Waals surface area contributed by atoms with Crippen molar-refractivity contribution in [1.82, 2.24) is 15.1 Å². The summed E-state index contributed by atoms with van der Waals surface area (Å²) in [5, 5.41) is 8.18. The van der Waals surface area contributed by atoms with Gasteiger partial charge in [0.25, 0.3) is 0 Å². The lowest BCUT2D eigenvalue weighted by atomic mass is 10.2. The molecule has 0 atom stereocenters. The Hall–Kier alpha value is -1.36. The van der Waals surface area contributed by atoms with Crippen LogP contribution in [0.15, 0.2) is 6.07 Å². The van der Waals surface area contributed by atoms with Crippen molar-refractivity contribution in [2.24, 2.45) is 0 Å². The van der Waals surface area contributed by atoms with E-state index in [1.165, 1.54) is 0 Å². The fourth-order valence-corrected chi connectivity index (χ4v) is 1.53. The highest BCUT2D eigenvalue weighted by Gasteiger charge is 2.15. The molecule has 0 N–H and O–H groups in total. The van der Waals surface area contributed by atoms with Gasteiger partial charge >= 0.3 is 0 Å². The maximum absolute atomic E-state index is 5.52. The van der Waals surface area contributed by atoms with E-state index in [1.54, 1.807) is 0 Å². The Kier molecular flexibility index (Phi) is 2.73. The van der Waals surface area contributed by atoms with Crippen LogP contribution in [0.2, 0.25) is 0 Å². The van der Waals surface area contributed by atoms with Crippen LogP contribution in [0.25, 0.3) is 0 Å². The molecule has 5 heteroatoms. The number of hydrogen-bond acceptors (Lipinski definition) is 5. The molecule has 1 aliphatic heterocycles. The summed E-state index contributed by atoms with van der Waals surface area (Å²) < 4.78 is 5.52. The topological polar surface area (TPSA) is 41.5 Å². The molecule has 0 aliphatic carbocycles. The predicted octanol–water partition coefficient (Wildman–Crippen LogP) is 0.367. The van der Waals surface area contributed by atoms with E-state index in [2.05, 4.69) is 22.1 Å². The van der Waals surface area contributed by atoms with Crippen LogP contribution in [0.5, 0.6) is 5.88 Å². The van der Waals surface area contributed by atoms with Crippen molar-refractivity contribution in [3.8, 4) is 5.88 Å². The van der Waals surface area contributed by atoms with Crippen LogP contribution in [0.1, 0.15) is 5.56 Å². The molecule has 0 spiro atoms. The van der Waals surface area contributed by atoms with E-state index in [4.69, 9.17) is 4.74 Å². The van der Waals surface area contributed by atoms with Crippen molar-refractivity contribution in [3.63, 3.8) is 0 Å². The van der Waals surface area contributed by atoms with E-state index < -0.39 is 0 Å². The first-order valence-corrected chi connectivity index (χ1v) is 5.02. The number of fused-ring (bicyclic) bond motifs is 1. The smallest absolute Gasteiger partial charge is 0.238 e. The van der Waals surface area contributed by atoms with Crippen LogP contribution in [0.4, 0.5) is 5.82 Å². The molecule has 1 aromatic heterocycles. The van der Waals surface area contributed by atoms with Gasteiger partial charge in [0.2, 0.25) is 5.88 Å². The van der Waals surface area contributed by atoms with Gasteiger partial charge in [0, 0.05) is 32.7 Å². The Labute approximate surface area is 89.7 Å². The molecule has 15 heavy (non-hydrogen) atoms. The standard InChI is InChI=1S/C10H16N4O/c1-13(2)9-6-8-7-14(3)4-5-15-10(8)12-11-9/h6H,4-5,7H2,1-3H3. The monoisotopic (exact) mass is 208 g/mol. The van der Waals surface area contributed by atoms with Gasteiger partial charge in [-0.1, -0.05) is 0 Å². The number of aromatic nitrogens is 2. The maximum atomic E-state index is 5.52. The second kappa shape index (κ2) is 4.02. The van der Waals surface area contributed by atoms with Gasteiger partial charge in [-0.05, 0) is 13.1 Å². The minimum Gasteiger partial charge on any atom is -0.475 e. The summed E-state index contributed by atoms with van der Waals surface area (Å²) in [5.74, 6) is 1.54. The Morgan fingerprint density at radius 1 is 1.40 bits per heavy atom. The summed E-state index contributed by atoms with van der Waals surface area (Å²) in [7, 11) is 5.99. The third-order valence-corrected chi connectivity index (χ3v) is 2.43. The molecule has 0 amide bonds. The van der Waals surface area contributed by atoms with Crippen molar-refractivity contribution in [2.45, 2.75) is 6.54 Å². The van der Waals surface area contributed by atoms with E-state index in [-0.39, 0.29) is 0 Å². The summed E-state index contributed by atoms with van der Waals surface area (Å²) in [6, 6.07) is 2.03. The summed E-state index contributed by atoms with van der Waals surface area (Å²) in [4.78, 5) is 4.16. The van der Waals surface area contributed by atoms with Gasteiger partial charge in [0.05, 0.1) is 0 Å². The minimum absolute atomic E-state index is 0.671. The van der Waals surface area contributed by atoms with E-state index in [1.807, 2.05) is 25.1 Å². The Morgan fingerprint density at radius 3 is 2.93 bits per heavy atom. The zero-order valence-corrected chi connectivity index (χ0v) is 9.40. The molecular weight excluding hydrogens is 192 g/mol. The van der Waals surface area contributed by atoms with Crippen molar-refractivity contribution < 1.29 is 4.74 Å². The van der Waals surface area contributed by atoms with E-state index >= 15 is 0 Å². The predicted molar refractivity (Wildman–Crippen MR) is 58.2 cm³/mol. The highest BCUT2D eigenvalue weighted by Crippen LogP contribution is 2.21. The molecule has 0 bridgehead atoms. The second-order valence-electron chi connectivity index (χ2n) is 4.01. The van der Waals surface area contributed by atoms with Crippen molar-refractivity contribution >= 4 is 5.82 Å². The number of hydrogen-bond donors (Lipinski definition) is 0. The number of likely N-dealkylation sites (N-methyl/N-ethyl adjacent to an activating group) is 1. The molecule has 0 fully saturated rings. The van der Waals surface area contributed by atoms with Crippen molar-refractivity contribution in [3.05, 3.63) is 11.6 Å². The van der Waals surface area contributed by atoms with Crippen LogP contribution >= 0.6 is 0 Å². The molecule has 0 radical (unpaired) electrons. The Morgan fingerprint density at radius 2 is 2.20 bits per heavy atom. The molecule has 5 nitrogen and oxygen atoms in total. The van der Waals surface area contributed by atoms with Gasteiger partial charge in [-0.2, -0.15) is 0 Å². The molecule has 1 aromatic rings. The summed E-state index contributed by atoms with van der Waals surface area (Å²) in [6.07, 6.45) is 0. The van der Waals surface area contributed by atoms with Crippen LogP contribution < -0.4 is 9.64 Å². The molecule has 82 valence electrons. The first-order chi connectivity index (χ1) is 7.16. The molecule has 2 heterocycles. The van der Waals surface area contributed by atoms with Gasteiger partial charge < -0.3 is 9.64 Å². The van der Waals surface area contributed by atoms with E-state index in [0.29, 0.717) is 12.5 Å². The number of rotatable bonds is 1. The molecule has 0 saturated carbocycles. The SMILES string of the molecule is CN1CCOc2nnc(N(C)C)cc2C1. The highest BCUT2D eigenvalue weighted by molar-refractivity contribution is 5.41.